The summed E-state index contributed by atoms with van der Waals surface area (Å²) in [5.74, 6) is -2.18. The van der Waals surface area contributed by atoms with Crippen LogP contribution in [-0.2, 0) is 9.59 Å². The molecule has 0 saturated carbocycles. The number of nitrogens with one attached hydrogen (secondary N) is 2. The van der Waals surface area contributed by atoms with Crippen LogP contribution in [0.25, 0.3) is 10.9 Å². The number of rotatable bonds is 4. The highest BCUT2D eigenvalue weighted by Gasteiger charge is 2.34. The number of aromatic amines is 1. The average Bonchev–Trinajstić information content (AvgIpc) is 3.05. The molecule has 1 saturated heterocycles. The van der Waals surface area contributed by atoms with E-state index in [4.69, 9.17) is 0 Å². The van der Waals surface area contributed by atoms with Crippen molar-refractivity contribution in [3.05, 3.63) is 30.0 Å². The molecule has 3 atom stereocenters. The van der Waals surface area contributed by atoms with Crippen LogP contribution >= 0.6 is 0 Å². The third-order valence-electron chi connectivity index (χ3n) is 4.92. The summed E-state index contributed by atoms with van der Waals surface area (Å²) in [6.45, 7) is 3.67. The zero-order chi connectivity index (χ0) is 18.8. The van der Waals surface area contributed by atoms with Crippen molar-refractivity contribution in [1.82, 2.24) is 20.4 Å². The number of likely N-dealkylation sites (tertiary alicyclic amines) is 1. The molecule has 1 aliphatic heterocycles. The Morgan fingerprint density at radius 1 is 1.31 bits per heavy atom. The number of hydrogen-bond donors (Lipinski definition) is 3. The summed E-state index contributed by atoms with van der Waals surface area (Å²) >= 11 is 0. The number of aromatic nitrogens is 2. The number of H-pyrrole nitrogens is 1. The van der Waals surface area contributed by atoms with Gasteiger partial charge in [-0.1, -0.05) is 18.2 Å². The fourth-order valence-corrected chi connectivity index (χ4v) is 3.33. The van der Waals surface area contributed by atoms with Crippen molar-refractivity contribution in [3.8, 4) is 0 Å². The Hall–Kier alpha value is -2.90. The van der Waals surface area contributed by atoms with E-state index < -0.39 is 23.8 Å². The van der Waals surface area contributed by atoms with Crippen LogP contribution in [0.3, 0.4) is 0 Å². The normalized spacial score (nSPS) is 21.4. The van der Waals surface area contributed by atoms with E-state index in [9.17, 15) is 19.5 Å². The van der Waals surface area contributed by atoms with Crippen molar-refractivity contribution in [1.29, 1.82) is 0 Å². The first kappa shape index (κ1) is 17.9. The molecule has 1 aliphatic rings. The molecule has 8 nitrogen and oxygen atoms in total. The molecular formula is C18H22N4O4. The maximum absolute atomic E-state index is 12.7. The van der Waals surface area contributed by atoms with Crippen molar-refractivity contribution in [2.75, 3.05) is 6.54 Å². The molecule has 3 rings (SSSR count). The van der Waals surface area contributed by atoms with Gasteiger partial charge in [0.1, 0.15) is 6.04 Å². The molecule has 2 heterocycles. The first-order valence-corrected chi connectivity index (χ1v) is 8.65. The Morgan fingerprint density at radius 3 is 2.77 bits per heavy atom. The predicted octanol–water partition coefficient (Wildman–Crippen LogP) is 1.39. The van der Waals surface area contributed by atoms with E-state index in [1.54, 1.807) is 17.9 Å². The second-order valence-corrected chi connectivity index (χ2v) is 6.77. The molecule has 0 radical (unpaired) electrons. The van der Waals surface area contributed by atoms with E-state index in [-0.39, 0.29) is 24.2 Å². The van der Waals surface area contributed by atoms with E-state index >= 15 is 0 Å². The van der Waals surface area contributed by atoms with Crippen LogP contribution in [0.5, 0.6) is 0 Å². The van der Waals surface area contributed by atoms with Gasteiger partial charge in [0, 0.05) is 18.0 Å². The summed E-state index contributed by atoms with van der Waals surface area (Å²) in [5, 5.41) is 19.4. The van der Waals surface area contributed by atoms with Crippen molar-refractivity contribution < 1.29 is 19.5 Å². The maximum Gasteiger partial charge on any atom is 0.308 e. The Balaban J connectivity index is 1.70. The molecular weight excluding hydrogens is 336 g/mol. The Morgan fingerprint density at radius 2 is 2.04 bits per heavy atom. The summed E-state index contributed by atoms with van der Waals surface area (Å²) in [6, 6.07) is 6.42. The van der Waals surface area contributed by atoms with E-state index in [2.05, 4.69) is 15.5 Å². The number of carboxylic acids is 1. The van der Waals surface area contributed by atoms with Crippen molar-refractivity contribution >= 4 is 28.7 Å². The van der Waals surface area contributed by atoms with Gasteiger partial charge in [0.25, 0.3) is 5.91 Å². The topological polar surface area (TPSA) is 115 Å². The molecule has 1 fully saturated rings. The smallest absolute Gasteiger partial charge is 0.308 e. The van der Waals surface area contributed by atoms with Gasteiger partial charge in [-0.05, 0) is 32.8 Å². The van der Waals surface area contributed by atoms with Gasteiger partial charge < -0.3 is 15.3 Å². The van der Waals surface area contributed by atoms with Gasteiger partial charge in [-0.2, -0.15) is 5.10 Å². The monoisotopic (exact) mass is 358 g/mol. The van der Waals surface area contributed by atoms with E-state index in [1.165, 1.54) is 0 Å². The molecule has 2 aromatic rings. The number of amides is 2. The van der Waals surface area contributed by atoms with Crippen LogP contribution in [-0.4, -0.2) is 56.6 Å². The third kappa shape index (κ3) is 3.40. The first-order chi connectivity index (χ1) is 12.4. The van der Waals surface area contributed by atoms with Crippen molar-refractivity contribution in [2.45, 2.75) is 38.8 Å². The van der Waals surface area contributed by atoms with Crippen molar-refractivity contribution in [2.24, 2.45) is 5.92 Å². The fourth-order valence-electron chi connectivity index (χ4n) is 3.33. The molecule has 0 aliphatic carbocycles. The van der Waals surface area contributed by atoms with Gasteiger partial charge in [0.15, 0.2) is 5.69 Å². The van der Waals surface area contributed by atoms with Gasteiger partial charge in [-0.25, -0.2) is 0 Å². The van der Waals surface area contributed by atoms with E-state index in [0.717, 1.165) is 5.52 Å². The van der Waals surface area contributed by atoms with Crippen LogP contribution in [0.2, 0.25) is 0 Å². The van der Waals surface area contributed by atoms with Gasteiger partial charge >= 0.3 is 5.97 Å². The van der Waals surface area contributed by atoms with Crippen LogP contribution in [0.1, 0.15) is 37.2 Å². The highest BCUT2D eigenvalue weighted by Crippen LogP contribution is 2.23. The lowest BCUT2D eigenvalue weighted by Gasteiger charge is -2.38. The lowest BCUT2D eigenvalue weighted by atomic mass is 9.93. The van der Waals surface area contributed by atoms with E-state index in [1.807, 2.05) is 25.1 Å². The highest BCUT2D eigenvalue weighted by atomic mass is 16.4. The standard InChI is InChI=1S/C18H22N4O4/c1-10-7-8-12(18(25)26)9-22(10)17(24)11(2)19-16(23)15-13-5-3-4-6-14(13)20-21-15/h3-6,10-12H,7-9H2,1-2H3,(H,19,23)(H,20,21)(H,25,26). The molecule has 138 valence electrons. The number of hydrogen-bond acceptors (Lipinski definition) is 4. The number of fused-ring (bicyclic) bond motifs is 1. The molecule has 0 spiro atoms. The number of piperidine rings is 1. The summed E-state index contributed by atoms with van der Waals surface area (Å²) in [4.78, 5) is 38.0. The molecule has 0 bridgehead atoms. The SMILES string of the molecule is CC(NC(=O)c1n[nH]c2ccccc12)C(=O)N1CC(C(=O)O)CCC1C. The molecule has 1 aromatic carbocycles. The zero-order valence-electron chi connectivity index (χ0n) is 14.7. The largest absolute Gasteiger partial charge is 0.481 e. The summed E-state index contributed by atoms with van der Waals surface area (Å²) in [5.41, 5.74) is 0.973. The minimum atomic E-state index is -0.894. The molecule has 8 heteroatoms. The fraction of sp³-hybridized carbons (Fsp3) is 0.444. The van der Waals surface area contributed by atoms with Crippen LogP contribution in [0, 0.1) is 5.92 Å². The predicted molar refractivity (Wildman–Crippen MR) is 94.6 cm³/mol. The van der Waals surface area contributed by atoms with Crippen LogP contribution < -0.4 is 5.32 Å². The second-order valence-electron chi connectivity index (χ2n) is 6.77. The number of aliphatic carboxylic acids is 1. The number of nitrogens with zero attached hydrogens (tertiary/aromatic N) is 2. The molecule has 26 heavy (non-hydrogen) atoms. The summed E-state index contributed by atoms with van der Waals surface area (Å²) in [7, 11) is 0. The Bertz CT molecular complexity index is 847. The maximum atomic E-state index is 12.7. The number of carbonyl (C=O) groups excluding carboxylic acids is 2. The number of carbonyl (C=O) groups is 3. The van der Waals surface area contributed by atoms with Gasteiger partial charge in [-0.3, -0.25) is 19.5 Å². The zero-order valence-corrected chi connectivity index (χ0v) is 14.7. The molecule has 1 aromatic heterocycles. The summed E-state index contributed by atoms with van der Waals surface area (Å²) in [6.07, 6.45) is 1.19. The molecule has 3 unspecified atom stereocenters. The first-order valence-electron chi connectivity index (χ1n) is 8.65. The third-order valence-corrected chi connectivity index (χ3v) is 4.92. The lowest BCUT2D eigenvalue weighted by Crippen LogP contribution is -2.54. The van der Waals surface area contributed by atoms with Crippen molar-refractivity contribution in [3.63, 3.8) is 0 Å². The lowest BCUT2D eigenvalue weighted by molar-refractivity contribution is -0.147. The average molecular weight is 358 g/mol. The number of para-hydroxylation sites is 1. The minimum Gasteiger partial charge on any atom is -0.481 e. The van der Waals surface area contributed by atoms with E-state index in [0.29, 0.717) is 18.2 Å². The second kappa shape index (κ2) is 7.15. The minimum absolute atomic E-state index is 0.0522. The highest BCUT2D eigenvalue weighted by molar-refractivity contribution is 6.05. The molecule has 3 N–H and O–H groups in total. The van der Waals surface area contributed by atoms with Gasteiger partial charge in [0.2, 0.25) is 5.91 Å². The van der Waals surface area contributed by atoms with Gasteiger partial charge in [-0.15, -0.1) is 0 Å². The quantitative estimate of drug-likeness (QED) is 0.764. The number of carboxylic acid groups (broad SMARTS) is 1. The molecule has 2 amide bonds. The van der Waals surface area contributed by atoms with Crippen LogP contribution in [0.4, 0.5) is 0 Å². The number of benzene rings is 1. The van der Waals surface area contributed by atoms with Gasteiger partial charge in [0.05, 0.1) is 11.4 Å². The summed E-state index contributed by atoms with van der Waals surface area (Å²) < 4.78 is 0. The van der Waals surface area contributed by atoms with Crippen LogP contribution in [0.15, 0.2) is 24.3 Å². The Labute approximate surface area is 150 Å². The Kier molecular flexibility index (Phi) is 4.92.